The Hall–Kier alpha value is -1.28. The first-order valence-corrected chi connectivity index (χ1v) is 8.46. The van der Waals surface area contributed by atoms with E-state index in [0.29, 0.717) is 23.2 Å². The Bertz CT molecular complexity index is 463. The van der Waals surface area contributed by atoms with Gasteiger partial charge in [0.15, 0.2) is 5.13 Å². The monoisotopic (exact) mass is 317 g/mol. The van der Waals surface area contributed by atoms with E-state index >= 15 is 0 Å². The van der Waals surface area contributed by atoms with E-state index in [1.165, 1.54) is 23.1 Å². The number of carboxylic acids is 1. The van der Waals surface area contributed by atoms with Crippen LogP contribution >= 0.6 is 23.1 Å². The second-order valence-corrected chi connectivity index (χ2v) is 6.35. The zero-order chi connectivity index (χ0) is 15.1. The van der Waals surface area contributed by atoms with Gasteiger partial charge < -0.3 is 10.4 Å². The normalized spacial score (nSPS) is 12.2. The maximum atomic E-state index is 11.7. The standard InChI is InChI=1S/C12H19N3O3S2/c1-7(2)9-6-20-12(14-9)15-11(18)13-8(10(16)17)4-5-19-3/h6-8H,4-5H2,1-3H3,(H,16,17)(H2,13,14,15,18). The van der Waals surface area contributed by atoms with E-state index in [4.69, 9.17) is 5.11 Å². The molecule has 0 aliphatic rings. The molecular weight excluding hydrogens is 298 g/mol. The highest BCUT2D eigenvalue weighted by Gasteiger charge is 2.19. The third-order valence-electron chi connectivity index (χ3n) is 2.55. The number of carbonyl (C=O) groups is 2. The highest BCUT2D eigenvalue weighted by atomic mass is 32.2. The number of hydrogen-bond acceptors (Lipinski definition) is 5. The number of carboxylic acid groups (broad SMARTS) is 1. The molecule has 8 heteroatoms. The molecule has 0 saturated heterocycles. The molecule has 112 valence electrons. The lowest BCUT2D eigenvalue weighted by Crippen LogP contribution is -2.43. The van der Waals surface area contributed by atoms with Gasteiger partial charge in [-0.05, 0) is 24.3 Å². The molecule has 20 heavy (non-hydrogen) atoms. The molecule has 0 fully saturated rings. The number of thioether (sulfide) groups is 1. The molecule has 0 saturated carbocycles. The SMILES string of the molecule is CSCCC(NC(=O)Nc1nc(C(C)C)cs1)C(=O)O. The van der Waals surface area contributed by atoms with Gasteiger partial charge in [-0.1, -0.05) is 13.8 Å². The smallest absolute Gasteiger partial charge is 0.326 e. The van der Waals surface area contributed by atoms with Crippen LogP contribution in [-0.4, -0.2) is 40.1 Å². The van der Waals surface area contributed by atoms with Crippen molar-refractivity contribution in [1.82, 2.24) is 10.3 Å². The fraction of sp³-hybridized carbons (Fsp3) is 0.583. The first-order valence-electron chi connectivity index (χ1n) is 6.18. The van der Waals surface area contributed by atoms with E-state index in [0.717, 1.165) is 5.69 Å². The van der Waals surface area contributed by atoms with Crippen molar-refractivity contribution in [1.29, 1.82) is 0 Å². The van der Waals surface area contributed by atoms with Crippen molar-refractivity contribution in [2.75, 3.05) is 17.3 Å². The number of aliphatic carboxylic acids is 1. The summed E-state index contributed by atoms with van der Waals surface area (Å²) in [5.74, 6) is -0.0687. The van der Waals surface area contributed by atoms with Crippen LogP contribution in [0.4, 0.5) is 9.93 Å². The molecule has 0 aliphatic heterocycles. The Morgan fingerprint density at radius 2 is 2.20 bits per heavy atom. The maximum absolute atomic E-state index is 11.7. The molecule has 6 nitrogen and oxygen atoms in total. The summed E-state index contributed by atoms with van der Waals surface area (Å²) >= 11 is 2.86. The van der Waals surface area contributed by atoms with Crippen LogP contribution in [0.3, 0.4) is 0 Å². The molecule has 0 radical (unpaired) electrons. The van der Waals surface area contributed by atoms with E-state index in [9.17, 15) is 9.59 Å². The predicted octanol–water partition coefficient (Wildman–Crippen LogP) is 2.59. The van der Waals surface area contributed by atoms with Gasteiger partial charge in [-0.15, -0.1) is 11.3 Å². The first kappa shape index (κ1) is 16.8. The van der Waals surface area contributed by atoms with E-state index < -0.39 is 18.0 Å². The van der Waals surface area contributed by atoms with Crippen LogP contribution in [0, 0.1) is 0 Å². The van der Waals surface area contributed by atoms with Crippen LogP contribution in [0.2, 0.25) is 0 Å². The van der Waals surface area contributed by atoms with Crippen LogP contribution in [0.5, 0.6) is 0 Å². The third-order valence-corrected chi connectivity index (χ3v) is 3.97. The van der Waals surface area contributed by atoms with Gasteiger partial charge in [0, 0.05) is 5.38 Å². The van der Waals surface area contributed by atoms with Gasteiger partial charge in [0.25, 0.3) is 0 Å². The molecular formula is C12H19N3O3S2. The second-order valence-electron chi connectivity index (χ2n) is 4.50. The third kappa shape index (κ3) is 5.38. The van der Waals surface area contributed by atoms with Crippen LogP contribution in [0.1, 0.15) is 31.9 Å². The largest absolute Gasteiger partial charge is 0.480 e. The quantitative estimate of drug-likeness (QED) is 0.719. The van der Waals surface area contributed by atoms with Crippen molar-refractivity contribution >= 4 is 40.2 Å². The number of amides is 2. The van der Waals surface area contributed by atoms with Crippen molar-refractivity contribution in [3.05, 3.63) is 11.1 Å². The Labute approximate surface area is 126 Å². The van der Waals surface area contributed by atoms with Crippen molar-refractivity contribution < 1.29 is 14.7 Å². The zero-order valence-electron chi connectivity index (χ0n) is 11.7. The number of carbonyl (C=O) groups excluding carboxylic acids is 1. The van der Waals surface area contributed by atoms with Crippen LogP contribution in [0.15, 0.2) is 5.38 Å². The summed E-state index contributed by atoms with van der Waals surface area (Å²) in [4.78, 5) is 27.0. The van der Waals surface area contributed by atoms with Gasteiger partial charge in [-0.2, -0.15) is 11.8 Å². The van der Waals surface area contributed by atoms with Gasteiger partial charge in [0.2, 0.25) is 0 Å². The molecule has 1 atom stereocenters. The topological polar surface area (TPSA) is 91.3 Å². The fourth-order valence-electron chi connectivity index (χ4n) is 1.39. The van der Waals surface area contributed by atoms with E-state index in [1.54, 1.807) is 0 Å². The van der Waals surface area contributed by atoms with E-state index in [2.05, 4.69) is 15.6 Å². The average molecular weight is 317 g/mol. The van der Waals surface area contributed by atoms with E-state index in [1.807, 2.05) is 25.5 Å². The summed E-state index contributed by atoms with van der Waals surface area (Å²) in [5, 5.41) is 16.4. The van der Waals surface area contributed by atoms with Crippen molar-refractivity contribution in [3.8, 4) is 0 Å². The summed E-state index contributed by atoms with van der Waals surface area (Å²) in [6, 6.07) is -1.42. The van der Waals surface area contributed by atoms with Crippen LogP contribution < -0.4 is 10.6 Å². The number of urea groups is 1. The van der Waals surface area contributed by atoms with Gasteiger partial charge in [0.1, 0.15) is 6.04 Å². The van der Waals surface area contributed by atoms with Crippen molar-refractivity contribution in [2.24, 2.45) is 0 Å². The number of rotatable bonds is 7. The van der Waals surface area contributed by atoms with Gasteiger partial charge in [0.05, 0.1) is 5.69 Å². The Morgan fingerprint density at radius 1 is 1.50 bits per heavy atom. The Morgan fingerprint density at radius 3 is 2.70 bits per heavy atom. The summed E-state index contributed by atoms with van der Waals surface area (Å²) in [5.41, 5.74) is 0.905. The minimum absolute atomic E-state index is 0.290. The van der Waals surface area contributed by atoms with E-state index in [-0.39, 0.29) is 0 Å². The minimum atomic E-state index is -1.03. The highest BCUT2D eigenvalue weighted by molar-refractivity contribution is 7.98. The summed E-state index contributed by atoms with van der Waals surface area (Å²) in [6.07, 6.45) is 2.28. The summed E-state index contributed by atoms with van der Waals surface area (Å²) in [6.45, 7) is 4.03. The molecule has 0 spiro atoms. The molecule has 0 bridgehead atoms. The summed E-state index contributed by atoms with van der Waals surface area (Å²) in [7, 11) is 0. The first-order chi connectivity index (χ1) is 9.43. The lowest BCUT2D eigenvalue weighted by Gasteiger charge is -2.13. The highest BCUT2D eigenvalue weighted by Crippen LogP contribution is 2.21. The number of nitrogens with one attached hydrogen (secondary N) is 2. The lowest BCUT2D eigenvalue weighted by atomic mass is 10.2. The predicted molar refractivity (Wildman–Crippen MR) is 82.8 cm³/mol. The Kier molecular flexibility index (Phi) is 6.80. The minimum Gasteiger partial charge on any atom is -0.480 e. The molecule has 0 aliphatic carbocycles. The average Bonchev–Trinajstić information content (AvgIpc) is 2.82. The molecule has 3 N–H and O–H groups in total. The molecule has 2 amide bonds. The lowest BCUT2D eigenvalue weighted by molar-refractivity contribution is -0.139. The number of nitrogens with zero attached hydrogens (tertiary/aromatic N) is 1. The number of thiazole rings is 1. The Balaban J connectivity index is 2.54. The molecule has 1 rings (SSSR count). The van der Waals surface area contributed by atoms with Crippen LogP contribution in [0.25, 0.3) is 0 Å². The molecule has 1 aromatic rings. The molecule has 1 heterocycles. The number of anilines is 1. The van der Waals surface area contributed by atoms with Crippen molar-refractivity contribution in [3.63, 3.8) is 0 Å². The molecule has 1 unspecified atom stereocenters. The molecule has 1 aromatic heterocycles. The van der Waals surface area contributed by atoms with Crippen molar-refractivity contribution in [2.45, 2.75) is 32.2 Å². The summed E-state index contributed by atoms with van der Waals surface area (Å²) < 4.78 is 0. The van der Waals surface area contributed by atoms with Crippen LogP contribution in [-0.2, 0) is 4.79 Å². The second kappa shape index (κ2) is 8.11. The maximum Gasteiger partial charge on any atom is 0.326 e. The fourth-order valence-corrected chi connectivity index (χ4v) is 2.73. The zero-order valence-corrected chi connectivity index (χ0v) is 13.3. The van der Waals surface area contributed by atoms with Gasteiger partial charge in [-0.25, -0.2) is 14.6 Å². The number of aromatic nitrogens is 1. The van der Waals surface area contributed by atoms with Gasteiger partial charge in [-0.3, -0.25) is 5.32 Å². The number of hydrogen-bond donors (Lipinski definition) is 3. The molecule has 0 aromatic carbocycles. The van der Waals surface area contributed by atoms with Gasteiger partial charge >= 0.3 is 12.0 Å².